The average Bonchev–Trinajstić information content (AvgIpc) is 2.75. The molecule has 32 heavy (non-hydrogen) atoms. The number of ketones is 1. The van der Waals surface area contributed by atoms with Crippen LogP contribution in [0.1, 0.15) is 24.5 Å². The van der Waals surface area contributed by atoms with Crippen molar-refractivity contribution in [2.24, 2.45) is 5.92 Å². The minimum absolute atomic E-state index is 0. The van der Waals surface area contributed by atoms with Crippen molar-refractivity contribution in [1.29, 1.82) is 0 Å². The number of allylic oxidation sites excluding steroid dienone is 1. The Kier molecular flexibility index (Phi) is 10.1. The lowest BCUT2D eigenvalue weighted by Gasteiger charge is -2.41. The molecule has 2 unspecified atom stereocenters. The second kappa shape index (κ2) is 11.9. The van der Waals surface area contributed by atoms with Crippen molar-refractivity contribution in [3.05, 3.63) is 79.8 Å². The van der Waals surface area contributed by atoms with Crippen LogP contribution in [-0.2, 0) is 4.79 Å². The number of likely N-dealkylation sites (tertiary alicyclic amines) is 1. The Morgan fingerprint density at radius 3 is 2.12 bits per heavy atom. The lowest BCUT2D eigenvalue weighted by molar-refractivity contribution is -0.129. The summed E-state index contributed by atoms with van der Waals surface area (Å²) in [5, 5.41) is 13.2. The van der Waals surface area contributed by atoms with E-state index in [2.05, 4.69) is 4.90 Å². The van der Waals surface area contributed by atoms with Crippen LogP contribution in [0.2, 0.25) is 20.1 Å². The van der Waals surface area contributed by atoms with Crippen LogP contribution >= 0.6 is 58.8 Å². The molecular weight excluding hydrogens is 512 g/mol. The van der Waals surface area contributed by atoms with Crippen LogP contribution in [0.25, 0.3) is 12.2 Å². The Morgan fingerprint density at radius 1 is 1.03 bits per heavy atom. The number of rotatable bonds is 6. The van der Waals surface area contributed by atoms with Gasteiger partial charge in [-0.05, 0) is 54.4 Å². The summed E-state index contributed by atoms with van der Waals surface area (Å²) in [6, 6.07) is 10.4. The van der Waals surface area contributed by atoms with E-state index in [9.17, 15) is 9.90 Å². The molecule has 1 aliphatic heterocycles. The fourth-order valence-corrected chi connectivity index (χ4v) is 4.22. The van der Waals surface area contributed by atoms with Crippen LogP contribution in [0.4, 0.5) is 0 Å². The Labute approximate surface area is 215 Å². The molecule has 0 spiro atoms. The molecule has 172 valence electrons. The highest BCUT2D eigenvalue weighted by Gasteiger charge is 2.42. The molecule has 8 heteroatoms. The monoisotopic (exact) mass is 533 g/mol. The number of hydrogen-bond donors (Lipinski definition) is 1. The van der Waals surface area contributed by atoms with Gasteiger partial charge in [-0.25, -0.2) is 0 Å². The first kappa shape index (κ1) is 27.2. The lowest BCUT2D eigenvalue weighted by atomic mass is 9.77. The van der Waals surface area contributed by atoms with Gasteiger partial charge in [0.1, 0.15) is 0 Å². The summed E-state index contributed by atoms with van der Waals surface area (Å²) in [5.41, 5.74) is 0.302. The predicted octanol–water partition coefficient (Wildman–Crippen LogP) is 7.09. The van der Waals surface area contributed by atoms with Crippen LogP contribution in [0.5, 0.6) is 0 Å². The van der Waals surface area contributed by atoms with E-state index in [-0.39, 0.29) is 18.2 Å². The van der Waals surface area contributed by atoms with Gasteiger partial charge in [-0.2, -0.15) is 0 Å². The summed E-state index contributed by atoms with van der Waals surface area (Å²) in [4.78, 5) is 15.3. The van der Waals surface area contributed by atoms with Gasteiger partial charge in [0.15, 0.2) is 5.78 Å². The maximum absolute atomic E-state index is 13.1. The summed E-state index contributed by atoms with van der Waals surface area (Å²) in [6.07, 6.45) is 7.14. The van der Waals surface area contributed by atoms with E-state index in [1.807, 2.05) is 13.0 Å². The topological polar surface area (TPSA) is 40.5 Å². The number of hydrogen-bond acceptors (Lipinski definition) is 3. The van der Waals surface area contributed by atoms with Crippen LogP contribution in [0.15, 0.2) is 48.6 Å². The number of carbonyl (C=O) groups is 1. The van der Waals surface area contributed by atoms with Crippen molar-refractivity contribution in [3.63, 3.8) is 0 Å². The van der Waals surface area contributed by atoms with Gasteiger partial charge < -0.3 is 10.0 Å². The van der Waals surface area contributed by atoms with Crippen molar-refractivity contribution in [2.75, 3.05) is 19.6 Å². The SMILES string of the molecule is CCN1CCC(O)(C=Cc2ccc(Cl)c(Cl)c2)C(C(=O)C=Cc2ccc(Cl)c(Cl)c2)C1.Cl. The lowest BCUT2D eigenvalue weighted by Crippen LogP contribution is -2.53. The molecule has 0 aliphatic carbocycles. The molecule has 0 saturated carbocycles. The fraction of sp³-hybridized carbons (Fsp3) is 0.292. The maximum atomic E-state index is 13.1. The van der Waals surface area contributed by atoms with Crippen molar-refractivity contribution in [1.82, 2.24) is 4.90 Å². The van der Waals surface area contributed by atoms with Crippen molar-refractivity contribution >= 4 is 76.7 Å². The molecule has 2 aromatic rings. The zero-order valence-corrected chi connectivity index (χ0v) is 21.2. The molecule has 0 radical (unpaired) electrons. The second-order valence-corrected chi connectivity index (χ2v) is 9.23. The van der Waals surface area contributed by atoms with Gasteiger partial charge in [0.25, 0.3) is 0 Å². The molecule has 1 heterocycles. The highest BCUT2D eigenvalue weighted by Crippen LogP contribution is 2.32. The van der Waals surface area contributed by atoms with E-state index in [1.165, 1.54) is 6.08 Å². The first-order chi connectivity index (χ1) is 14.7. The van der Waals surface area contributed by atoms with E-state index in [0.29, 0.717) is 39.6 Å². The molecule has 2 atom stereocenters. The van der Waals surface area contributed by atoms with Crippen molar-refractivity contribution < 1.29 is 9.90 Å². The molecule has 1 saturated heterocycles. The fourth-order valence-electron chi connectivity index (χ4n) is 3.61. The van der Waals surface area contributed by atoms with Gasteiger partial charge in [0.2, 0.25) is 0 Å². The van der Waals surface area contributed by atoms with Crippen molar-refractivity contribution in [3.8, 4) is 0 Å². The van der Waals surface area contributed by atoms with Gasteiger partial charge in [0.05, 0.1) is 31.6 Å². The quantitative estimate of drug-likeness (QED) is 0.402. The third kappa shape index (κ3) is 6.74. The molecule has 1 aliphatic rings. The number of carbonyl (C=O) groups excluding carboxylic acids is 1. The van der Waals surface area contributed by atoms with Gasteiger partial charge in [-0.3, -0.25) is 4.79 Å². The summed E-state index contributed by atoms with van der Waals surface area (Å²) in [5.74, 6) is -0.746. The zero-order valence-electron chi connectivity index (χ0n) is 17.4. The Hall–Kier alpha value is -1.04. The Morgan fingerprint density at radius 2 is 1.59 bits per heavy atom. The van der Waals surface area contributed by atoms with Gasteiger partial charge in [-0.1, -0.05) is 83.7 Å². The largest absolute Gasteiger partial charge is 0.385 e. The predicted molar refractivity (Wildman–Crippen MR) is 138 cm³/mol. The van der Waals surface area contributed by atoms with E-state index in [4.69, 9.17) is 46.4 Å². The van der Waals surface area contributed by atoms with Crippen LogP contribution in [-0.4, -0.2) is 41.0 Å². The summed E-state index contributed by atoms with van der Waals surface area (Å²) in [6.45, 7) is 4.04. The van der Waals surface area contributed by atoms with E-state index in [0.717, 1.165) is 17.7 Å². The molecule has 2 aromatic carbocycles. The Bertz CT molecular complexity index is 1020. The first-order valence-corrected chi connectivity index (χ1v) is 11.5. The van der Waals surface area contributed by atoms with E-state index in [1.54, 1.807) is 48.6 Å². The summed E-state index contributed by atoms with van der Waals surface area (Å²) in [7, 11) is 0. The summed E-state index contributed by atoms with van der Waals surface area (Å²) < 4.78 is 0. The molecule has 1 N–H and O–H groups in total. The third-order valence-electron chi connectivity index (χ3n) is 5.56. The van der Waals surface area contributed by atoms with E-state index >= 15 is 0 Å². The van der Waals surface area contributed by atoms with E-state index < -0.39 is 11.5 Å². The standard InChI is InChI=1S/C24H23Cl4NO2.ClH/c1-2-29-12-11-24(31,10-9-17-4-7-20(26)22(28)14-17)18(15-29)23(30)8-5-16-3-6-19(25)21(27)13-16;/h3-10,13-14,18,31H,2,11-12,15H2,1H3;1H. The van der Waals surface area contributed by atoms with Gasteiger partial charge in [0, 0.05) is 13.1 Å². The minimum atomic E-state index is -1.27. The van der Waals surface area contributed by atoms with Crippen LogP contribution in [0.3, 0.4) is 0 Å². The zero-order chi connectivity index (χ0) is 22.6. The highest BCUT2D eigenvalue weighted by molar-refractivity contribution is 6.42. The van der Waals surface area contributed by atoms with Crippen molar-refractivity contribution in [2.45, 2.75) is 18.9 Å². The second-order valence-electron chi connectivity index (χ2n) is 7.60. The maximum Gasteiger partial charge on any atom is 0.163 e. The third-order valence-corrected chi connectivity index (χ3v) is 7.03. The highest BCUT2D eigenvalue weighted by atomic mass is 35.5. The van der Waals surface area contributed by atoms with Crippen LogP contribution < -0.4 is 0 Å². The molecule has 3 rings (SSSR count). The van der Waals surface area contributed by atoms with Crippen LogP contribution in [0, 0.1) is 5.92 Å². The minimum Gasteiger partial charge on any atom is -0.385 e. The smallest absolute Gasteiger partial charge is 0.163 e. The summed E-state index contributed by atoms with van der Waals surface area (Å²) >= 11 is 24.1. The van der Waals surface area contributed by atoms with Gasteiger partial charge in [-0.15, -0.1) is 12.4 Å². The average molecular weight is 536 g/mol. The Balaban J connectivity index is 0.00000363. The molecular formula is C24H24Cl5NO2. The number of halogens is 5. The molecule has 1 fully saturated rings. The number of piperidine rings is 1. The molecule has 0 aromatic heterocycles. The van der Waals surface area contributed by atoms with Gasteiger partial charge >= 0.3 is 0 Å². The number of benzene rings is 2. The number of aliphatic hydroxyl groups is 1. The molecule has 0 amide bonds. The first-order valence-electron chi connectivity index (χ1n) is 9.98. The normalized spacial score (nSPS) is 21.8. The molecule has 3 nitrogen and oxygen atoms in total. The number of nitrogens with zero attached hydrogens (tertiary/aromatic N) is 1. The molecule has 0 bridgehead atoms.